The molecular formula is C24H33Cl. The molecule has 0 spiro atoms. The summed E-state index contributed by atoms with van der Waals surface area (Å²) in [5.74, 6) is 0.944. The summed E-state index contributed by atoms with van der Waals surface area (Å²) in [5, 5.41) is 0.869. The molecule has 0 saturated heterocycles. The van der Waals surface area contributed by atoms with Crippen LogP contribution in [0.4, 0.5) is 0 Å². The third-order valence-corrected chi connectivity index (χ3v) is 5.66. The molecule has 1 heteroatoms. The highest BCUT2D eigenvalue weighted by atomic mass is 35.5. The molecule has 2 aliphatic rings. The van der Waals surface area contributed by atoms with E-state index in [4.69, 9.17) is 11.6 Å². The Kier molecular flexibility index (Phi) is 7.56. The predicted molar refractivity (Wildman–Crippen MR) is 113 cm³/mol. The molecule has 0 aliphatic heterocycles. The fraction of sp³-hybridized carbons (Fsp3) is 0.500. The zero-order valence-corrected chi connectivity index (χ0v) is 17.1. The van der Waals surface area contributed by atoms with Gasteiger partial charge in [0.15, 0.2) is 0 Å². The van der Waals surface area contributed by atoms with Crippen LogP contribution in [0.5, 0.6) is 0 Å². The molecule has 136 valence electrons. The number of hydrogen-bond acceptors (Lipinski definition) is 0. The van der Waals surface area contributed by atoms with Gasteiger partial charge >= 0.3 is 0 Å². The number of rotatable bonds is 8. The molecule has 0 nitrogen and oxygen atoms in total. The van der Waals surface area contributed by atoms with Crippen LogP contribution in [0.25, 0.3) is 0 Å². The molecule has 0 aromatic rings. The van der Waals surface area contributed by atoms with E-state index in [2.05, 4.69) is 64.7 Å². The van der Waals surface area contributed by atoms with Gasteiger partial charge in [-0.2, -0.15) is 0 Å². The first-order chi connectivity index (χ1) is 11.9. The van der Waals surface area contributed by atoms with Gasteiger partial charge in [0, 0.05) is 11.0 Å². The monoisotopic (exact) mass is 356 g/mol. The zero-order valence-electron chi connectivity index (χ0n) is 16.4. The molecule has 0 heterocycles. The van der Waals surface area contributed by atoms with Gasteiger partial charge in [0.25, 0.3) is 0 Å². The van der Waals surface area contributed by atoms with Gasteiger partial charge in [0.2, 0.25) is 0 Å². The van der Waals surface area contributed by atoms with Crippen molar-refractivity contribution < 1.29 is 0 Å². The van der Waals surface area contributed by atoms with Gasteiger partial charge in [-0.25, -0.2) is 0 Å². The Labute approximate surface area is 159 Å². The van der Waals surface area contributed by atoms with Crippen molar-refractivity contribution in [3.8, 4) is 0 Å². The van der Waals surface area contributed by atoms with Gasteiger partial charge in [-0.3, -0.25) is 0 Å². The molecule has 2 aliphatic carbocycles. The second-order valence-corrected chi connectivity index (χ2v) is 8.10. The molecule has 0 radical (unpaired) electrons. The SMILES string of the molecule is C=C(C)/C(C)=C/C1=C(CCCCCC)C=C(C2C=CC(Cl)=CC2C)C1. The summed E-state index contributed by atoms with van der Waals surface area (Å²) in [7, 11) is 0. The third-order valence-electron chi connectivity index (χ3n) is 5.41. The quantitative estimate of drug-likeness (QED) is 0.305. The predicted octanol–water partition coefficient (Wildman–Crippen LogP) is 8.05. The van der Waals surface area contributed by atoms with Crippen molar-refractivity contribution in [3.05, 3.63) is 69.9 Å². The minimum absolute atomic E-state index is 0.468. The zero-order chi connectivity index (χ0) is 18.4. The van der Waals surface area contributed by atoms with Crippen LogP contribution in [0.2, 0.25) is 0 Å². The summed E-state index contributed by atoms with van der Waals surface area (Å²) in [6.45, 7) is 12.9. The van der Waals surface area contributed by atoms with Crippen molar-refractivity contribution in [2.45, 2.75) is 66.2 Å². The first kappa shape index (κ1) is 20.0. The molecule has 0 saturated carbocycles. The molecular weight excluding hydrogens is 324 g/mol. The fourth-order valence-corrected chi connectivity index (χ4v) is 3.93. The van der Waals surface area contributed by atoms with Crippen LogP contribution in [-0.4, -0.2) is 0 Å². The minimum Gasteiger partial charge on any atom is -0.0958 e. The van der Waals surface area contributed by atoms with Crippen LogP contribution >= 0.6 is 11.6 Å². The minimum atomic E-state index is 0.468. The average molecular weight is 357 g/mol. The van der Waals surface area contributed by atoms with Gasteiger partial charge in [-0.15, -0.1) is 0 Å². The van der Waals surface area contributed by atoms with E-state index in [9.17, 15) is 0 Å². The van der Waals surface area contributed by atoms with Crippen molar-refractivity contribution in [1.29, 1.82) is 0 Å². The molecule has 0 bridgehead atoms. The van der Waals surface area contributed by atoms with Gasteiger partial charge in [0.05, 0.1) is 0 Å². The molecule has 2 unspecified atom stereocenters. The van der Waals surface area contributed by atoms with Crippen molar-refractivity contribution in [2.24, 2.45) is 11.8 Å². The van der Waals surface area contributed by atoms with Gasteiger partial charge in [-0.05, 0) is 61.8 Å². The molecule has 0 N–H and O–H groups in total. The average Bonchev–Trinajstić information content (AvgIpc) is 2.94. The van der Waals surface area contributed by atoms with E-state index in [0.717, 1.165) is 17.0 Å². The van der Waals surface area contributed by atoms with Gasteiger partial charge in [0.1, 0.15) is 0 Å². The lowest BCUT2D eigenvalue weighted by molar-refractivity contribution is 0.567. The Morgan fingerprint density at radius 3 is 2.68 bits per heavy atom. The van der Waals surface area contributed by atoms with Crippen molar-refractivity contribution in [1.82, 2.24) is 0 Å². The first-order valence-corrected chi connectivity index (χ1v) is 10.1. The molecule has 0 aromatic heterocycles. The fourth-order valence-electron chi connectivity index (χ4n) is 3.66. The van der Waals surface area contributed by atoms with Crippen LogP contribution in [0.15, 0.2) is 69.9 Å². The molecule has 2 atom stereocenters. The maximum absolute atomic E-state index is 6.17. The number of halogens is 1. The Morgan fingerprint density at radius 1 is 1.28 bits per heavy atom. The lowest BCUT2D eigenvalue weighted by atomic mass is 9.82. The van der Waals surface area contributed by atoms with Crippen LogP contribution < -0.4 is 0 Å². The van der Waals surface area contributed by atoms with Crippen molar-refractivity contribution in [3.63, 3.8) is 0 Å². The van der Waals surface area contributed by atoms with Crippen LogP contribution in [-0.2, 0) is 0 Å². The lowest BCUT2D eigenvalue weighted by Gasteiger charge is -2.23. The van der Waals surface area contributed by atoms with Crippen LogP contribution in [0, 0.1) is 11.8 Å². The first-order valence-electron chi connectivity index (χ1n) is 9.74. The van der Waals surface area contributed by atoms with Crippen LogP contribution in [0.3, 0.4) is 0 Å². The Morgan fingerprint density at radius 2 is 2.04 bits per heavy atom. The molecule has 2 rings (SSSR count). The normalized spacial score (nSPS) is 23.8. The maximum atomic E-state index is 6.17. The summed E-state index contributed by atoms with van der Waals surface area (Å²) in [4.78, 5) is 0. The second kappa shape index (κ2) is 9.43. The van der Waals surface area contributed by atoms with Crippen molar-refractivity contribution in [2.75, 3.05) is 0 Å². The highest BCUT2D eigenvalue weighted by molar-refractivity contribution is 6.31. The van der Waals surface area contributed by atoms with E-state index < -0.39 is 0 Å². The van der Waals surface area contributed by atoms with Gasteiger partial charge in [-0.1, -0.05) is 86.7 Å². The highest BCUT2D eigenvalue weighted by Crippen LogP contribution is 2.40. The third kappa shape index (κ3) is 5.61. The molecule has 0 fully saturated rings. The number of unbranched alkanes of at least 4 members (excludes halogenated alkanes) is 3. The summed E-state index contributed by atoms with van der Waals surface area (Å²) >= 11 is 6.17. The Hall–Kier alpha value is -1.27. The van der Waals surface area contributed by atoms with E-state index >= 15 is 0 Å². The van der Waals surface area contributed by atoms with E-state index in [1.54, 1.807) is 0 Å². The molecule has 25 heavy (non-hydrogen) atoms. The Bertz CT molecular complexity index is 652. The van der Waals surface area contributed by atoms with Crippen molar-refractivity contribution >= 4 is 11.6 Å². The van der Waals surface area contributed by atoms with E-state index in [1.165, 1.54) is 54.4 Å². The summed E-state index contributed by atoms with van der Waals surface area (Å²) in [5.41, 5.74) is 7.02. The maximum Gasteiger partial charge on any atom is 0.0366 e. The topological polar surface area (TPSA) is 0 Å². The smallest absolute Gasteiger partial charge is 0.0366 e. The van der Waals surface area contributed by atoms with Gasteiger partial charge < -0.3 is 0 Å². The van der Waals surface area contributed by atoms with E-state index in [1.807, 2.05) is 0 Å². The highest BCUT2D eigenvalue weighted by Gasteiger charge is 2.25. The lowest BCUT2D eigenvalue weighted by Crippen LogP contribution is -2.12. The van der Waals surface area contributed by atoms with E-state index in [-0.39, 0.29) is 0 Å². The second-order valence-electron chi connectivity index (χ2n) is 7.66. The standard InChI is InChI=1S/C24H33Cl/c1-6-7-8-9-10-20-15-22(16-21(20)13-18(4)17(2)3)24-12-11-23(25)14-19(24)5/h11-15,19,24H,2,6-10,16H2,1,3-5H3/b18-13+. The number of allylic oxidation sites excluding steroid dienone is 11. The summed E-state index contributed by atoms with van der Waals surface area (Å²) < 4.78 is 0. The summed E-state index contributed by atoms with van der Waals surface area (Å²) in [6, 6.07) is 0. The van der Waals surface area contributed by atoms with E-state index in [0.29, 0.717) is 11.8 Å². The molecule has 0 aromatic carbocycles. The molecule has 0 amide bonds. The Balaban J connectivity index is 2.17. The summed E-state index contributed by atoms with van der Waals surface area (Å²) in [6.07, 6.45) is 18.9. The van der Waals surface area contributed by atoms with Crippen LogP contribution in [0.1, 0.15) is 66.2 Å². The largest absolute Gasteiger partial charge is 0.0958 e. The number of hydrogen-bond donors (Lipinski definition) is 0.